The van der Waals surface area contributed by atoms with E-state index < -0.39 is 99.4 Å². The number of hydrogen-bond acceptors (Lipinski definition) is 15. The maximum atomic E-state index is 12.8. The van der Waals surface area contributed by atoms with Crippen molar-refractivity contribution in [3.8, 4) is 0 Å². The average molecular weight is 1490 g/mol. The highest BCUT2D eigenvalue weighted by Gasteiger charge is 2.42. The molecule has 0 bridgehead atoms. The molecule has 0 aromatic carbocycles. The molecule has 0 aliphatic heterocycles. The summed E-state index contributed by atoms with van der Waals surface area (Å²) >= 11 is 0. The van der Waals surface area contributed by atoms with Gasteiger partial charge in [0.1, 0.15) is 30.2 Å². The summed E-state index contributed by atoms with van der Waals surface area (Å²) in [5, 5.41) is 74.4. The van der Waals surface area contributed by atoms with Crippen molar-refractivity contribution in [2.75, 3.05) is 14.1 Å². The van der Waals surface area contributed by atoms with Gasteiger partial charge in [-0.1, -0.05) is 153 Å². The molecule has 0 radical (unpaired) electrons. The van der Waals surface area contributed by atoms with Gasteiger partial charge in [-0.05, 0) is 173 Å². The van der Waals surface area contributed by atoms with Gasteiger partial charge < -0.3 is 78.2 Å². The Morgan fingerprint density at radius 1 is 0.362 bits per heavy atom. The maximum absolute atomic E-state index is 12.8. The highest BCUT2D eigenvalue weighted by molar-refractivity contribution is 6.46. The Morgan fingerprint density at radius 3 is 0.810 bits per heavy atom. The third kappa shape index (κ3) is 43.5. The van der Waals surface area contributed by atoms with Crippen LogP contribution in [-0.2, 0) is 43.2 Å². The van der Waals surface area contributed by atoms with Crippen LogP contribution in [0.2, 0.25) is 20.5 Å². The van der Waals surface area contributed by atoms with Gasteiger partial charge >= 0.3 is 45.2 Å². The van der Waals surface area contributed by atoms with E-state index in [-0.39, 0.29) is 59.6 Å². The average Bonchev–Trinajstić information content (AvgIpc) is 0.849. The van der Waals surface area contributed by atoms with E-state index >= 15 is 0 Å². The van der Waals surface area contributed by atoms with Gasteiger partial charge in [-0.15, -0.1) is 26.3 Å². The lowest BCUT2D eigenvalue weighted by Gasteiger charge is -2.31. The number of rotatable bonds is 47. The molecule has 30 heteroatoms. The molecule has 4 saturated carbocycles. The van der Waals surface area contributed by atoms with E-state index in [9.17, 15) is 81.6 Å². The number of amides is 7. The molecular formula is C75H134B3F3N10O14. The predicted octanol–water partition coefficient (Wildman–Crippen LogP) is 9.67. The van der Waals surface area contributed by atoms with Crippen molar-refractivity contribution in [3.63, 3.8) is 0 Å². The number of carboxylic acids is 2. The number of hydrogen-bond donors (Lipinski definition) is 15. The van der Waals surface area contributed by atoms with Crippen molar-refractivity contribution in [3.05, 3.63) is 50.6 Å². The van der Waals surface area contributed by atoms with Crippen LogP contribution in [0.1, 0.15) is 257 Å². The Balaban J connectivity index is 0.000000701. The molecule has 7 amide bonds. The van der Waals surface area contributed by atoms with Gasteiger partial charge in [-0.3, -0.25) is 33.6 Å². The molecule has 0 heterocycles. The third-order valence-corrected chi connectivity index (χ3v) is 20.0. The van der Waals surface area contributed by atoms with Crippen LogP contribution in [0.4, 0.5) is 13.2 Å². The number of carboxylic acid groups (broad SMARTS) is 2. The summed E-state index contributed by atoms with van der Waals surface area (Å²) < 4.78 is 38.0. The summed E-state index contributed by atoms with van der Waals surface area (Å²) in [6, 6.07) is -5.98. The Labute approximate surface area is 626 Å². The quantitative estimate of drug-likeness (QED) is 0.0153. The second-order valence-electron chi connectivity index (χ2n) is 28.9. The van der Waals surface area contributed by atoms with Crippen molar-refractivity contribution < 1.29 is 81.6 Å². The fourth-order valence-corrected chi connectivity index (χ4v) is 14.3. The first-order valence-corrected chi connectivity index (χ1v) is 39.3. The lowest BCUT2D eigenvalue weighted by atomic mass is 9.83. The van der Waals surface area contributed by atoms with Crippen LogP contribution < -0.4 is 52.9 Å². The molecule has 0 aromatic heterocycles. The van der Waals surface area contributed by atoms with Gasteiger partial charge in [0.2, 0.25) is 35.4 Å². The fourth-order valence-electron chi connectivity index (χ4n) is 14.3. The van der Waals surface area contributed by atoms with Crippen LogP contribution in [0.15, 0.2) is 50.6 Å². The summed E-state index contributed by atoms with van der Waals surface area (Å²) in [7, 11) is 0.651. The van der Waals surface area contributed by atoms with Crippen LogP contribution in [0.3, 0.4) is 0 Å². The van der Waals surface area contributed by atoms with Crippen LogP contribution in [0.5, 0.6) is 0 Å². The summed E-state index contributed by atoms with van der Waals surface area (Å²) in [5.41, 5.74) is 0. The fraction of sp³-hybridized carbons (Fsp3) is 0.773. The van der Waals surface area contributed by atoms with Crippen molar-refractivity contribution in [2.45, 2.75) is 332 Å². The zero-order valence-corrected chi connectivity index (χ0v) is 64.1. The van der Waals surface area contributed by atoms with E-state index in [1.165, 1.54) is 13.5 Å². The monoisotopic (exact) mass is 1490 g/mol. The Hall–Kier alpha value is -6.07. The zero-order chi connectivity index (χ0) is 78.5. The molecule has 15 N–H and O–H groups in total. The highest BCUT2D eigenvalue weighted by Crippen LogP contribution is 2.31. The minimum atomic E-state index is -5.08. The van der Waals surface area contributed by atoms with Gasteiger partial charge in [-0.25, -0.2) is 9.59 Å². The summed E-state index contributed by atoms with van der Waals surface area (Å²) in [6.07, 6.45) is 37.9. The largest absolute Gasteiger partial charge is 0.480 e. The number of allylic oxidation sites excluding steroid dienone is 4. The topological polar surface area (TPSA) is 375 Å². The van der Waals surface area contributed by atoms with Gasteiger partial charge in [0.05, 0.1) is 18.1 Å². The molecule has 4 aliphatic rings. The Bertz CT molecular complexity index is 2450. The number of unbranched alkanes of at least 4 members (excludes halogenated alkanes) is 12. The van der Waals surface area contributed by atoms with Gasteiger partial charge in [-0.2, -0.15) is 13.2 Å². The molecule has 4 fully saturated rings. The first-order chi connectivity index (χ1) is 50.1. The molecule has 0 saturated heterocycles. The number of halogens is 3. The number of carbonyl (C=O) groups excluding carboxylic acids is 7. The molecule has 0 unspecified atom stereocenters. The molecule has 598 valence electrons. The summed E-state index contributed by atoms with van der Waals surface area (Å²) in [4.78, 5) is 110. The van der Waals surface area contributed by atoms with Crippen LogP contribution in [-0.4, -0.2) is 168 Å². The first-order valence-electron chi connectivity index (χ1n) is 39.3. The van der Waals surface area contributed by atoms with Crippen molar-refractivity contribution in [1.82, 2.24) is 52.9 Å². The number of carbonyl (C=O) groups is 9. The number of alkyl halides is 3. The zero-order valence-electron chi connectivity index (χ0n) is 64.1. The molecule has 4 rings (SSSR count). The summed E-state index contributed by atoms with van der Waals surface area (Å²) in [6.45, 7) is 19.4. The standard InChI is InChI=1S/C20H32F3N3O3.C19H36BN3O3.2C18H33BN2O4/c1-3-4-5-6-10-13-15(25-19(29)20(21,22)23)17(27)26-16(18(28)24-2)14-11-8-7-9-12-14;1-4-5-6-7-11-14-16(23-20(2)26)18(24)22-17(19(25)21-3)15-12-9-8-10-13-15;2*1-3-4-5-6-10-13-15(21-19(2)25)17(22)20-16(18(23)24)14-11-8-7-9-12-14/h3,14-16H,1,4-13H2,2H3,(H,24,28)(H,25,29)(H,26,27);4,15-17,23,26H,1,5-14H2,2-3H3,(H,21,25)(H,22,24);2*3,14-16,21,25H,1,4-13H2,2H3,(H,20,22)(H,23,24)/t15-,16-;16-,17-;2*15-,16-/m0000/s1. The lowest BCUT2D eigenvalue weighted by molar-refractivity contribution is -0.174. The molecular weight excluding hydrogens is 1350 g/mol. The maximum Gasteiger partial charge on any atom is 0.471 e. The number of aliphatic carboxylic acids is 2. The van der Waals surface area contributed by atoms with E-state index in [4.69, 9.17) is 0 Å². The first kappa shape index (κ1) is 96.9. The van der Waals surface area contributed by atoms with Crippen LogP contribution >= 0.6 is 0 Å². The van der Waals surface area contributed by atoms with E-state index in [2.05, 4.69) is 73.9 Å². The second kappa shape index (κ2) is 58.0. The molecule has 4 aliphatic carbocycles. The number of likely N-dealkylation sites (N-methyl/N-ethyl adjacent to an activating group) is 2. The van der Waals surface area contributed by atoms with E-state index in [0.717, 1.165) is 212 Å². The second-order valence-corrected chi connectivity index (χ2v) is 28.9. The molecule has 8 atom stereocenters. The smallest absolute Gasteiger partial charge is 0.471 e. The highest BCUT2D eigenvalue weighted by atomic mass is 19.4. The SMILES string of the molecule is C=CCCCCC[C@H](NB(C)O)C(=O)N[C@H](C(=O)NC)C1CCCCC1.C=CCCCCC[C@H](NB(C)O)C(=O)N[C@H](C(=O)O)C1CCCCC1.C=CCCCCC[C@H](NB(C)O)C(=O)N[C@H](C(=O)O)C1CCCCC1.C=CCCCCC[C@H](NC(=O)C(F)(F)F)C(=O)N[C@H](C(=O)NC)C1CCCCC1. The molecule has 0 aromatic rings. The van der Waals surface area contributed by atoms with Crippen molar-refractivity contribution in [2.24, 2.45) is 23.7 Å². The molecule has 24 nitrogen and oxygen atoms in total. The van der Waals surface area contributed by atoms with Crippen LogP contribution in [0.25, 0.3) is 0 Å². The minimum absolute atomic E-state index is 0.00464. The Morgan fingerprint density at radius 2 is 0.590 bits per heavy atom. The third-order valence-electron chi connectivity index (χ3n) is 20.0. The minimum Gasteiger partial charge on any atom is -0.480 e. The van der Waals surface area contributed by atoms with Gasteiger partial charge in [0, 0.05) is 14.1 Å². The Kier molecular flexibility index (Phi) is 53.6. The number of nitrogens with one attached hydrogen (secondary N) is 10. The van der Waals surface area contributed by atoms with E-state index in [1.54, 1.807) is 38.9 Å². The van der Waals surface area contributed by atoms with E-state index in [0.29, 0.717) is 32.1 Å². The van der Waals surface area contributed by atoms with Crippen LogP contribution in [0, 0.1) is 23.7 Å². The molecule has 105 heavy (non-hydrogen) atoms. The lowest BCUT2D eigenvalue weighted by Crippen LogP contribution is -2.57. The van der Waals surface area contributed by atoms with Gasteiger partial charge in [0.15, 0.2) is 0 Å². The molecule has 0 spiro atoms. The van der Waals surface area contributed by atoms with Crippen molar-refractivity contribution >= 4 is 74.4 Å². The normalized spacial score (nSPS) is 17.3. The predicted molar refractivity (Wildman–Crippen MR) is 411 cm³/mol. The summed E-state index contributed by atoms with van der Waals surface area (Å²) in [5.74, 6) is -6.12. The van der Waals surface area contributed by atoms with Gasteiger partial charge in [0.25, 0.3) is 0 Å². The van der Waals surface area contributed by atoms with E-state index in [1.807, 2.05) is 18.2 Å². The van der Waals surface area contributed by atoms with Crippen molar-refractivity contribution in [1.29, 1.82) is 0 Å².